The fourth-order valence-electron chi connectivity index (χ4n) is 3.03. The van der Waals surface area contributed by atoms with E-state index in [0.717, 1.165) is 28.5 Å². The van der Waals surface area contributed by atoms with Gasteiger partial charge in [-0.2, -0.15) is 4.31 Å². The van der Waals surface area contributed by atoms with E-state index < -0.39 is 10.0 Å². The molecule has 2 aromatic rings. The average Bonchev–Trinajstić information content (AvgIpc) is 3.17. The number of aryl methyl sites for hydroxylation is 1. The molecule has 1 aliphatic heterocycles. The first-order valence-electron chi connectivity index (χ1n) is 8.55. The van der Waals surface area contributed by atoms with Crippen LogP contribution in [0.25, 0.3) is 0 Å². The predicted octanol–water partition coefficient (Wildman–Crippen LogP) is 2.84. The molecule has 1 aliphatic rings. The van der Waals surface area contributed by atoms with Gasteiger partial charge in [-0.25, -0.2) is 8.42 Å². The van der Waals surface area contributed by atoms with Crippen molar-refractivity contribution in [3.8, 4) is 11.5 Å². The van der Waals surface area contributed by atoms with E-state index in [1.165, 1.54) is 11.3 Å². The lowest BCUT2D eigenvalue weighted by atomic mass is 10.2. The number of piperazine rings is 1. The van der Waals surface area contributed by atoms with Gasteiger partial charge in [0, 0.05) is 37.1 Å². The van der Waals surface area contributed by atoms with Gasteiger partial charge in [-0.15, -0.1) is 11.3 Å². The third kappa shape index (κ3) is 3.67. The maximum atomic E-state index is 12.8. The molecule has 1 saturated heterocycles. The molecule has 1 aromatic heterocycles. The van der Waals surface area contributed by atoms with Crippen LogP contribution in [0.3, 0.4) is 0 Å². The standard InChI is InChI=1S/C18H24N2O4S2/c1-4-15-6-8-18(25-15)26(21,22)20-11-9-19(10-12-20)16-7-5-14(23-2)13-17(16)24-3/h5-8,13H,4,9-12H2,1-3H3. The van der Waals surface area contributed by atoms with Crippen molar-refractivity contribution < 1.29 is 17.9 Å². The molecule has 1 fully saturated rings. The van der Waals surface area contributed by atoms with E-state index >= 15 is 0 Å². The van der Waals surface area contributed by atoms with Crippen LogP contribution in [0.2, 0.25) is 0 Å². The minimum Gasteiger partial charge on any atom is -0.497 e. The van der Waals surface area contributed by atoms with Crippen molar-refractivity contribution in [2.45, 2.75) is 17.6 Å². The van der Waals surface area contributed by atoms with E-state index in [1.807, 2.05) is 31.2 Å². The van der Waals surface area contributed by atoms with E-state index in [9.17, 15) is 8.42 Å². The van der Waals surface area contributed by atoms with Crippen LogP contribution < -0.4 is 14.4 Å². The molecule has 8 heteroatoms. The van der Waals surface area contributed by atoms with Crippen molar-refractivity contribution in [3.63, 3.8) is 0 Å². The normalized spacial score (nSPS) is 15.9. The van der Waals surface area contributed by atoms with Gasteiger partial charge in [0.25, 0.3) is 10.0 Å². The van der Waals surface area contributed by atoms with Gasteiger partial charge in [-0.05, 0) is 30.7 Å². The van der Waals surface area contributed by atoms with Gasteiger partial charge in [0.05, 0.1) is 19.9 Å². The van der Waals surface area contributed by atoms with Crippen LogP contribution in [-0.2, 0) is 16.4 Å². The van der Waals surface area contributed by atoms with Gasteiger partial charge in [0.2, 0.25) is 0 Å². The van der Waals surface area contributed by atoms with Gasteiger partial charge in [0.15, 0.2) is 0 Å². The molecule has 0 bridgehead atoms. The fraction of sp³-hybridized carbons (Fsp3) is 0.444. The number of thiophene rings is 1. The molecule has 0 spiro atoms. The first-order chi connectivity index (χ1) is 12.5. The SMILES string of the molecule is CCc1ccc(S(=O)(=O)N2CCN(c3ccc(OC)cc3OC)CC2)s1. The molecule has 26 heavy (non-hydrogen) atoms. The molecule has 1 aromatic carbocycles. The van der Waals surface area contributed by atoms with Crippen molar-refractivity contribution in [1.29, 1.82) is 0 Å². The van der Waals surface area contributed by atoms with E-state index in [0.29, 0.717) is 30.4 Å². The Morgan fingerprint density at radius 2 is 1.77 bits per heavy atom. The number of benzene rings is 1. The Labute approximate surface area is 159 Å². The number of methoxy groups -OCH3 is 2. The first kappa shape index (κ1) is 19.0. The topological polar surface area (TPSA) is 59.1 Å². The summed E-state index contributed by atoms with van der Waals surface area (Å²) in [7, 11) is -0.166. The lowest BCUT2D eigenvalue weighted by Crippen LogP contribution is -2.48. The van der Waals surface area contributed by atoms with Crippen LogP contribution >= 0.6 is 11.3 Å². The predicted molar refractivity (Wildman–Crippen MR) is 104 cm³/mol. The fourth-order valence-corrected chi connectivity index (χ4v) is 5.90. The number of nitrogens with zero attached hydrogens (tertiary/aromatic N) is 2. The molecule has 3 rings (SSSR count). The molecule has 0 atom stereocenters. The zero-order valence-corrected chi connectivity index (χ0v) is 16.9. The molecule has 2 heterocycles. The molecular formula is C18H24N2O4S2. The van der Waals surface area contributed by atoms with Crippen LogP contribution in [0, 0.1) is 0 Å². The Bertz CT molecular complexity index is 856. The third-order valence-corrected chi connectivity index (χ3v) is 8.14. The number of hydrogen-bond acceptors (Lipinski definition) is 6. The molecule has 0 saturated carbocycles. The molecule has 0 amide bonds. The number of hydrogen-bond donors (Lipinski definition) is 0. The Balaban J connectivity index is 1.73. The Kier molecular flexibility index (Phi) is 5.74. The quantitative estimate of drug-likeness (QED) is 0.751. The summed E-state index contributed by atoms with van der Waals surface area (Å²) in [5.74, 6) is 1.46. The van der Waals surface area contributed by atoms with E-state index in [1.54, 1.807) is 24.6 Å². The lowest BCUT2D eigenvalue weighted by molar-refractivity contribution is 0.376. The molecular weight excluding hydrogens is 372 g/mol. The molecule has 0 unspecified atom stereocenters. The summed E-state index contributed by atoms with van der Waals surface area (Å²) in [6.07, 6.45) is 0.852. The number of anilines is 1. The van der Waals surface area contributed by atoms with Crippen molar-refractivity contribution in [1.82, 2.24) is 4.31 Å². The van der Waals surface area contributed by atoms with Gasteiger partial charge in [-0.1, -0.05) is 6.92 Å². The largest absolute Gasteiger partial charge is 0.497 e. The molecule has 142 valence electrons. The zero-order valence-electron chi connectivity index (χ0n) is 15.3. The summed E-state index contributed by atoms with van der Waals surface area (Å²) in [4.78, 5) is 3.24. The highest BCUT2D eigenvalue weighted by Gasteiger charge is 2.30. The van der Waals surface area contributed by atoms with Crippen LogP contribution in [-0.4, -0.2) is 53.1 Å². The van der Waals surface area contributed by atoms with E-state index in [2.05, 4.69) is 4.90 Å². The minimum absolute atomic E-state index is 0.435. The molecule has 6 nitrogen and oxygen atoms in total. The van der Waals surface area contributed by atoms with Crippen molar-refractivity contribution in [2.24, 2.45) is 0 Å². The maximum absolute atomic E-state index is 12.8. The van der Waals surface area contributed by atoms with E-state index in [4.69, 9.17) is 9.47 Å². The molecule has 0 N–H and O–H groups in total. The smallest absolute Gasteiger partial charge is 0.252 e. The number of rotatable bonds is 6. The van der Waals surface area contributed by atoms with Crippen LogP contribution in [0.4, 0.5) is 5.69 Å². The van der Waals surface area contributed by atoms with Crippen LogP contribution in [0.1, 0.15) is 11.8 Å². The second-order valence-corrected chi connectivity index (χ2v) is 9.34. The highest BCUT2D eigenvalue weighted by molar-refractivity contribution is 7.91. The average molecular weight is 397 g/mol. The Hall–Kier alpha value is -1.77. The second kappa shape index (κ2) is 7.85. The van der Waals surface area contributed by atoms with Gasteiger partial charge in [-0.3, -0.25) is 0 Å². The minimum atomic E-state index is -3.41. The van der Waals surface area contributed by atoms with Crippen molar-refractivity contribution in [2.75, 3.05) is 45.3 Å². The van der Waals surface area contributed by atoms with E-state index in [-0.39, 0.29) is 0 Å². The first-order valence-corrected chi connectivity index (χ1v) is 10.8. The Morgan fingerprint density at radius 1 is 1.04 bits per heavy atom. The molecule has 0 radical (unpaired) electrons. The van der Waals surface area contributed by atoms with Crippen LogP contribution in [0.5, 0.6) is 11.5 Å². The van der Waals surface area contributed by atoms with Gasteiger partial charge < -0.3 is 14.4 Å². The third-order valence-electron chi connectivity index (χ3n) is 4.55. The van der Waals surface area contributed by atoms with Gasteiger partial charge in [0.1, 0.15) is 15.7 Å². The number of ether oxygens (including phenoxy) is 2. The highest BCUT2D eigenvalue weighted by Crippen LogP contribution is 2.33. The lowest BCUT2D eigenvalue weighted by Gasteiger charge is -2.35. The Morgan fingerprint density at radius 3 is 2.35 bits per heavy atom. The summed E-state index contributed by atoms with van der Waals surface area (Å²) in [6, 6.07) is 9.30. The molecule has 0 aliphatic carbocycles. The summed E-state index contributed by atoms with van der Waals surface area (Å²) in [5.41, 5.74) is 0.953. The summed E-state index contributed by atoms with van der Waals surface area (Å²) in [6.45, 7) is 4.18. The second-order valence-electron chi connectivity index (χ2n) is 6.00. The van der Waals surface area contributed by atoms with Gasteiger partial charge >= 0.3 is 0 Å². The summed E-state index contributed by atoms with van der Waals surface area (Å²) < 4.78 is 38.4. The highest BCUT2D eigenvalue weighted by atomic mass is 32.2. The van der Waals surface area contributed by atoms with Crippen LogP contribution in [0.15, 0.2) is 34.5 Å². The summed E-state index contributed by atoms with van der Waals surface area (Å²) in [5, 5.41) is 0. The number of sulfonamides is 1. The monoisotopic (exact) mass is 396 g/mol. The van der Waals surface area contributed by atoms with Crippen molar-refractivity contribution in [3.05, 3.63) is 35.2 Å². The summed E-state index contributed by atoms with van der Waals surface area (Å²) >= 11 is 1.36. The zero-order chi connectivity index (χ0) is 18.7. The van der Waals surface area contributed by atoms with Crippen molar-refractivity contribution >= 4 is 27.0 Å². The maximum Gasteiger partial charge on any atom is 0.252 e.